The highest BCUT2D eigenvalue weighted by Gasteiger charge is 2.05. The van der Waals surface area contributed by atoms with Gasteiger partial charge in [-0.05, 0) is 24.6 Å². The minimum Gasteiger partial charge on any atom is -0.476 e. The first-order valence-corrected chi connectivity index (χ1v) is 4.13. The first-order valence-electron chi connectivity index (χ1n) is 4.13. The van der Waals surface area contributed by atoms with E-state index in [0.717, 1.165) is 11.1 Å². The smallest absolute Gasteiger partial charge is 0.356 e. The molecule has 4 heteroatoms. The maximum atomic E-state index is 10.6. The summed E-state index contributed by atoms with van der Waals surface area (Å²) in [5, 5.41) is 8.70. The number of aromatic nitrogens is 2. The predicted octanol–water partition coefficient (Wildman–Crippen LogP) is 1.64. The highest BCUT2D eigenvalue weighted by Crippen LogP contribution is 2.11. The number of benzene rings is 1. The van der Waals surface area contributed by atoms with Crippen molar-refractivity contribution in [2.75, 3.05) is 0 Å². The zero-order valence-corrected chi connectivity index (χ0v) is 7.56. The lowest BCUT2D eigenvalue weighted by Crippen LogP contribution is -2.01. The van der Waals surface area contributed by atoms with Crippen molar-refractivity contribution in [2.45, 2.75) is 6.92 Å². The van der Waals surface area contributed by atoms with Crippen molar-refractivity contribution >= 4 is 17.0 Å². The van der Waals surface area contributed by atoms with Crippen LogP contribution >= 0.6 is 0 Å². The summed E-state index contributed by atoms with van der Waals surface area (Å²) in [5.74, 6) is -1.06. The van der Waals surface area contributed by atoms with Gasteiger partial charge in [-0.2, -0.15) is 0 Å². The fourth-order valence-electron chi connectivity index (χ4n) is 1.22. The van der Waals surface area contributed by atoms with E-state index in [0.29, 0.717) is 5.52 Å². The van der Waals surface area contributed by atoms with Gasteiger partial charge in [-0.3, -0.25) is 4.98 Å². The summed E-state index contributed by atoms with van der Waals surface area (Å²) in [7, 11) is 0. The molecule has 14 heavy (non-hydrogen) atoms. The Labute approximate surface area is 80.2 Å². The topological polar surface area (TPSA) is 63.1 Å². The molecule has 0 aliphatic rings. The second-order valence-corrected chi connectivity index (χ2v) is 3.05. The van der Waals surface area contributed by atoms with Gasteiger partial charge in [0.25, 0.3) is 0 Å². The fraction of sp³-hybridized carbons (Fsp3) is 0.100. The molecule has 4 nitrogen and oxygen atoms in total. The van der Waals surface area contributed by atoms with Gasteiger partial charge in [0, 0.05) is 0 Å². The summed E-state index contributed by atoms with van der Waals surface area (Å²) >= 11 is 0. The summed E-state index contributed by atoms with van der Waals surface area (Å²) in [6.45, 7) is 1.95. The normalized spacial score (nSPS) is 10.4. The number of carboxylic acid groups (broad SMARTS) is 1. The molecule has 0 fully saturated rings. The van der Waals surface area contributed by atoms with Gasteiger partial charge in [-0.1, -0.05) is 6.07 Å². The number of fused-ring (bicyclic) bond motifs is 1. The number of hydrogen-bond donors (Lipinski definition) is 1. The number of nitrogens with zero attached hydrogens (tertiary/aromatic N) is 2. The van der Waals surface area contributed by atoms with Crippen molar-refractivity contribution < 1.29 is 9.90 Å². The van der Waals surface area contributed by atoms with E-state index in [9.17, 15) is 4.79 Å². The molecule has 0 spiro atoms. The Morgan fingerprint density at radius 1 is 1.36 bits per heavy atom. The van der Waals surface area contributed by atoms with Gasteiger partial charge >= 0.3 is 5.97 Å². The number of aryl methyl sites for hydroxylation is 1. The Kier molecular flexibility index (Phi) is 1.89. The maximum Gasteiger partial charge on any atom is 0.356 e. The third-order valence-electron chi connectivity index (χ3n) is 1.92. The quantitative estimate of drug-likeness (QED) is 0.738. The van der Waals surface area contributed by atoms with E-state index >= 15 is 0 Å². The minimum atomic E-state index is -1.06. The van der Waals surface area contributed by atoms with Crippen LogP contribution in [0.25, 0.3) is 11.0 Å². The maximum absolute atomic E-state index is 10.6. The zero-order valence-electron chi connectivity index (χ0n) is 7.56. The molecule has 1 aromatic carbocycles. The predicted molar refractivity (Wildman–Crippen MR) is 51.2 cm³/mol. The van der Waals surface area contributed by atoms with Gasteiger partial charge < -0.3 is 5.11 Å². The van der Waals surface area contributed by atoms with Crippen molar-refractivity contribution in [1.29, 1.82) is 0 Å². The van der Waals surface area contributed by atoms with Crippen molar-refractivity contribution in [3.05, 3.63) is 35.7 Å². The van der Waals surface area contributed by atoms with E-state index in [1.165, 1.54) is 6.20 Å². The van der Waals surface area contributed by atoms with Crippen molar-refractivity contribution in [3.63, 3.8) is 0 Å². The molecular formula is C10H8N2O2. The van der Waals surface area contributed by atoms with E-state index in [4.69, 9.17) is 5.11 Å². The summed E-state index contributed by atoms with van der Waals surface area (Å²) < 4.78 is 0. The molecule has 1 N–H and O–H groups in total. The molecule has 0 atom stereocenters. The van der Waals surface area contributed by atoms with E-state index in [-0.39, 0.29) is 5.69 Å². The van der Waals surface area contributed by atoms with Gasteiger partial charge in [0.05, 0.1) is 17.2 Å². The monoisotopic (exact) mass is 188 g/mol. The first kappa shape index (κ1) is 8.62. The molecule has 0 saturated carbocycles. The summed E-state index contributed by atoms with van der Waals surface area (Å²) in [6.07, 6.45) is 1.27. The lowest BCUT2D eigenvalue weighted by atomic mass is 10.2. The molecular weight excluding hydrogens is 180 g/mol. The molecule has 0 aliphatic heterocycles. The molecule has 0 saturated heterocycles. The van der Waals surface area contributed by atoms with E-state index < -0.39 is 5.97 Å². The Morgan fingerprint density at radius 2 is 2.14 bits per heavy atom. The number of carbonyl (C=O) groups is 1. The number of aromatic carboxylic acids is 1. The Bertz CT molecular complexity index is 508. The molecule has 2 aromatic rings. The van der Waals surface area contributed by atoms with Gasteiger partial charge in [0.2, 0.25) is 0 Å². The third-order valence-corrected chi connectivity index (χ3v) is 1.92. The lowest BCUT2D eigenvalue weighted by Gasteiger charge is -1.98. The van der Waals surface area contributed by atoms with Crippen LogP contribution in [0.4, 0.5) is 0 Å². The van der Waals surface area contributed by atoms with Crippen LogP contribution < -0.4 is 0 Å². The Hall–Kier alpha value is -1.97. The van der Waals surface area contributed by atoms with Crippen LogP contribution in [-0.2, 0) is 0 Å². The first-order chi connectivity index (χ1) is 6.66. The number of rotatable bonds is 1. The zero-order chi connectivity index (χ0) is 10.1. The molecule has 1 heterocycles. The standard InChI is InChI=1S/C10H8N2O2/c1-6-2-3-7-8(4-6)11-5-9(12-7)10(13)14/h2-5H,1H3,(H,13,14). The van der Waals surface area contributed by atoms with Crippen molar-refractivity contribution in [1.82, 2.24) is 9.97 Å². The average molecular weight is 188 g/mol. The molecule has 2 rings (SSSR count). The van der Waals surface area contributed by atoms with Gasteiger partial charge in [0.15, 0.2) is 5.69 Å². The highest BCUT2D eigenvalue weighted by atomic mass is 16.4. The van der Waals surface area contributed by atoms with Crippen LogP contribution in [0.2, 0.25) is 0 Å². The minimum absolute atomic E-state index is 0.0265. The van der Waals surface area contributed by atoms with E-state index in [1.54, 1.807) is 6.07 Å². The van der Waals surface area contributed by atoms with E-state index in [2.05, 4.69) is 9.97 Å². The summed E-state index contributed by atoms with van der Waals surface area (Å²) in [5.41, 5.74) is 2.38. The molecule has 0 aliphatic carbocycles. The van der Waals surface area contributed by atoms with Crippen molar-refractivity contribution in [3.8, 4) is 0 Å². The Morgan fingerprint density at radius 3 is 2.86 bits per heavy atom. The molecule has 0 unspecified atom stereocenters. The molecule has 0 bridgehead atoms. The van der Waals surface area contributed by atoms with Crippen LogP contribution in [0.5, 0.6) is 0 Å². The molecule has 0 amide bonds. The Balaban J connectivity index is 2.67. The molecule has 70 valence electrons. The third kappa shape index (κ3) is 1.42. The fourth-order valence-corrected chi connectivity index (χ4v) is 1.22. The number of carboxylic acids is 1. The average Bonchev–Trinajstić information content (AvgIpc) is 2.16. The van der Waals surface area contributed by atoms with Crippen LogP contribution in [0.3, 0.4) is 0 Å². The largest absolute Gasteiger partial charge is 0.476 e. The molecule has 0 radical (unpaired) electrons. The van der Waals surface area contributed by atoms with Crippen LogP contribution in [0.1, 0.15) is 16.1 Å². The van der Waals surface area contributed by atoms with Crippen LogP contribution in [-0.4, -0.2) is 21.0 Å². The van der Waals surface area contributed by atoms with Gasteiger partial charge in [-0.15, -0.1) is 0 Å². The molecule has 1 aromatic heterocycles. The SMILES string of the molecule is Cc1ccc2nc(C(=O)O)cnc2c1. The van der Waals surface area contributed by atoms with E-state index in [1.807, 2.05) is 19.1 Å². The van der Waals surface area contributed by atoms with Gasteiger partial charge in [-0.25, -0.2) is 9.78 Å². The second-order valence-electron chi connectivity index (χ2n) is 3.05. The number of hydrogen-bond acceptors (Lipinski definition) is 3. The highest BCUT2D eigenvalue weighted by molar-refractivity contribution is 5.87. The summed E-state index contributed by atoms with van der Waals surface area (Å²) in [6, 6.07) is 5.51. The van der Waals surface area contributed by atoms with Crippen LogP contribution in [0, 0.1) is 6.92 Å². The van der Waals surface area contributed by atoms with Crippen molar-refractivity contribution in [2.24, 2.45) is 0 Å². The second kappa shape index (κ2) is 3.06. The summed E-state index contributed by atoms with van der Waals surface area (Å²) in [4.78, 5) is 18.6. The van der Waals surface area contributed by atoms with Gasteiger partial charge in [0.1, 0.15) is 0 Å². The lowest BCUT2D eigenvalue weighted by molar-refractivity contribution is 0.0690. The van der Waals surface area contributed by atoms with Crippen LogP contribution in [0.15, 0.2) is 24.4 Å².